The molecule has 0 aromatic heterocycles. The number of amides is 1. The van der Waals surface area contributed by atoms with Crippen molar-refractivity contribution in [3.05, 3.63) is 34.1 Å². The molecule has 2 rings (SSSR count). The maximum absolute atomic E-state index is 13.7. The van der Waals surface area contributed by atoms with Gasteiger partial charge in [0.25, 0.3) is 5.91 Å². The number of likely N-dealkylation sites (tertiary alicyclic amines) is 1. The number of piperidine rings is 1. The predicted molar refractivity (Wildman–Crippen MR) is 81.3 cm³/mol. The van der Waals surface area contributed by atoms with Crippen LogP contribution < -0.4 is 5.32 Å². The Labute approximate surface area is 127 Å². The fraction of sp³-hybridized carbons (Fsp3) is 0.533. The van der Waals surface area contributed by atoms with Crippen LogP contribution in [-0.2, 0) is 0 Å². The minimum Gasteiger partial charge on any atom is -0.350 e. The van der Waals surface area contributed by atoms with Gasteiger partial charge < -0.3 is 5.32 Å². The SMILES string of the molecule is CC(CNC(=O)c1ccc(Br)cc1F)N1CCCCC1. The largest absolute Gasteiger partial charge is 0.350 e. The Balaban J connectivity index is 1.88. The number of nitrogens with one attached hydrogen (secondary N) is 1. The molecular weight excluding hydrogens is 323 g/mol. The summed E-state index contributed by atoms with van der Waals surface area (Å²) in [5.41, 5.74) is 0.0963. The lowest BCUT2D eigenvalue weighted by molar-refractivity contribution is 0.0926. The first-order valence-corrected chi connectivity index (χ1v) is 7.84. The topological polar surface area (TPSA) is 32.3 Å². The van der Waals surface area contributed by atoms with Crippen molar-refractivity contribution in [2.45, 2.75) is 32.2 Å². The summed E-state index contributed by atoms with van der Waals surface area (Å²) >= 11 is 3.18. The second-order valence-electron chi connectivity index (χ2n) is 5.28. The van der Waals surface area contributed by atoms with Crippen LogP contribution in [0, 0.1) is 5.82 Å². The first-order valence-electron chi connectivity index (χ1n) is 7.05. The molecule has 110 valence electrons. The van der Waals surface area contributed by atoms with E-state index in [2.05, 4.69) is 33.1 Å². The van der Waals surface area contributed by atoms with Gasteiger partial charge in [-0.3, -0.25) is 9.69 Å². The molecule has 1 aromatic rings. The molecule has 1 fully saturated rings. The van der Waals surface area contributed by atoms with Gasteiger partial charge in [-0.25, -0.2) is 4.39 Å². The third-order valence-corrected chi connectivity index (χ3v) is 4.24. The molecule has 1 atom stereocenters. The lowest BCUT2D eigenvalue weighted by Crippen LogP contribution is -2.44. The number of hydrogen-bond acceptors (Lipinski definition) is 2. The molecule has 0 aliphatic carbocycles. The van der Waals surface area contributed by atoms with Crippen molar-refractivity contribution in [1.82, 2.24) is 10.2 Å². The van der Waals surface area contributed by atoms with Crippen LogP contribution in [0.2, 0.25) is 0 Å². The van der Waals surface area contributed by atoms with Crippen molar-refractivity contribution >= 4 is 21.8 Å². The number of carbonyl (C=O) groups excluding carboxylic acids is 1. The first-order chi connectivity index (χ1) is 9.58. The van der Waals surface area contributed by atoms with Crippen molar-refractivity contribution in [3.63, 3.8) is 0 Å². The molecule has 1 unspecified atom stereocenters. The van der Waals surface area contributed by atoms with E-state index in [0.29, 0.717) is 11.0 Å². The van der Waals surface area contributed by atoms with Gasteiger partial charge in [0.2, 0.25) is 0 Å². The Hall–Kier alpha value is -0.940. The van der Waals surface area contributed by atoms with E-state index in [1.54, 1.807) is 6.07 Å². The van der Waals surface area contributed by atoms with Gasteiger partial charge in [-0.1, -0.05) is 22.4 Å². The summed E-state index contributed by atoms with van der Waals surface area (Å²) in [5.74, 6) is -0.846. The van der Waals surface area contributed by atoms with E-state index < -0.39 is 5.82 Å². The van der Waals surface area contributed by atoms with E-state index in [-0.39, 0.29) is 17.5 Å². The molecule has 0 spiro atoms. The van der Waals surface area contributed by atoms with Gasteiger partial charge in [0.15, 0.2) is 0 Å². The van der Waals surface area contributed by atoms with Crippen LogP contribution in [0.1, 0.15) is 36.5 Å². The molecule has 0 bridgehead atoms. The highest BCUT2D eigenvalue weighted by molar-refractivity contribution is 9.10. The summed E-state index contributed by atoms with van der Waals surface area (Å²) < 4.78 is 14.3. The molecule has 1 aromatic carbocycles. The zero-order valence-electron chi connectivity index (χ0n) is 11.7. The number of benzene rings is 1. The van der Waals surface area contributed by atoms with Gasteiger partial charge in [0, 0.05) is 17.1 Å². The van der Waals surface area contributed by atoms with Crippen LogP contribution in [-0.4, -0.2) is 36.5 Å². The lowest BCUT2D eigenvalue weighted by Gasteiger charge is -2.32. The second kappa shape index (κ2) is 7.18. The molecule has 1 aliphatic heterocycles. The van der Waals surface area contributed by atoms with Crippen molar-refractivity contribution in [3.8, 4) is 0 Å². The van der Waals surface area contributed by atoms with Crippen LogP contribution in [0.15, 0.2) is 22.7 Å². The van der Waals surface area contributed by atoms with Crippen molar-refractivity contribution < 1.29 is 9.18 Å². The van der Waals surface area contributed by atoms with Crippen LogP contribution >= 0.6 is 15.9 Å². The van der Waals surface area contributed by atoms with Crippen LogP contribution in [0.4, 0.5) is 4.39 Å². The summed E-state index contributed by atoms with van der Waals surface area (Å²) in [6.45, 7) is 4.82. The second-order valence-corrected chi connectivity index (χ2v) is 6.20. The molecule has 1 aliphatic rings. The van der Waals surface area contributed by atoms with Gasteiger partial charge in [0.05, 0.1) is 5.56 Å². The zero-order chi connectivity index (χ0) is 14.5. The van der Waals surface area contributed by atoms with Crippen LogP contribution in [0.25, 0.3) is 0 Å². The summed E-state index contributed by atoms with van der Waals surface area (Å²) in [6, 6.07) is 4.77. The maximum atomic E-state index is 13.7. The number of halogens is 2. The summed E-state index contributed by atoms with van der Waals surface area (Å²) in [6.07, 6.45) is 3.74. The molecule has 1 saturated heterocycles. The average molecular weight is 343 g/mol. The third-order valence-electron chi connectivity index (χ3n) is 3.75. The highest BCUT2D eigenvalue weighted by atomic mass is 79.9. The Morgan fingerprint density at radius 3 is 2.75 bits per heavy atom. The normalized spacial score (nSPS) is 17.8. The van der Waals surface area contributed by atoms with Crippen molar-refractivity contribution in [2.24, 2.45) is 0 Å². The Morgan fingerprint density at radius 2 is 2.10 bits per heavy atom. The van der Waals surface area contributed by atoms with Gasteiger partial charge in [-0.05, 0) is 51.1 Å². The molecular formula is C15H20BrFN2O. The molecule has 3 nitrogen and oxygen atoms in total. The van der Waals surface area contributed by atoms with Crippen molar-refractivity contribution in [1.29, 1.82) is 0 Å². The standard InChI is InChI=1S/C15H20BrFN2O/c1-11(19-7-3-2-4-8-19)10-18-15(20)13-6-5-12(16)9-14(13)17/h5-6,9,11H,2-4,7-8,10H2,1H3,(H,18,20). The lowest BCUT2D eigenvalue weighted by atomic mass is 10.1. The fourth-order valence-corrected chi connectivity index (χ4v) is 2.83. The fourth-order valence-electron chi connectivity index (χ4n) is 2.50. The predicted octanol–water partition coefficient (Wildman–Crippen LogP) is 3.19. The van der Waals surface area contributed by atoms with Gasteiger partial charge in [0.1, 0.15) is 5.82 Å². The molecule has 1 heterocycles. The molecule has 0 radical (unpaired) electrons. The Kier molecular flexibility index (Phi) is 5.54. The molecule has 1 amide bonds. The van der Waals surface area contributed by atoms with Gasteiger partial charge in [-0.15, -0.1) is 0 Å². The van der Waals surface area contributed by atoms with E-state index in [9.17, 15) is 9.18 Å². The number of carbonyl (C=O) groups is 1. The number of hydrogen-bond donors (Lipinski definition) is 1. The van der Waals surface area contributed by atoms with E-state index in [0.717, 1.165) is 13.1 Å². The third kappa shape index (κ3) is 4.03. The van der Waals surface area contributed by atoms with E-state index in [1.807, 2.05) is 0 Å². The van der Waals surface area contributed by atoms with E-state index in [1.165, 1.54) is 31.4 Å². The minimum atomic E-state index is -0.498. The smallest absolute Gasteiger partial charge is 0.254 e. The van der Waals surface area contributed by atoms with Crippen LogP contribution in [0.5, 0.6) is 0 Å². The maximum Gasteiger partial charge on any atom is 0.254 e. The first kappa shape index (κ1) is 15.4. The van der Waals surface area contributed by atoms with E-state index in [4.69, 9.17) is 0 Å². The average Bonchev–Trinajstić information content (AvgIpc) is 2.45. The Morgan fingerprint density at radius 1 is 1.40 bits per heavy atom. The van der Waals surface area contributed by atoms with Crippen LogP contribution in [0.3, 0.4) is 0 Å². The molecule has 0 saturated carbocycles. The molecule has 1 N–H and O–H groups in total. The number of rotatable bonds is 4. The highest BCUT2D eigenvalue weighted by Gasteiger charge is 2.18. The summed E-state index contributed by atoms with van der Waals surface area (Å²) in [4.78, 5) is 14.4. The van der Waals surface area contributed by atoms with Gasteiger partial charge >= 0.3 is 0 Å². The molecule has 5 heteroatoms. The van der Waals surface area contributed by atoms with Crippen molar-refractivity contribution in [2.75, 3.05) is 19.6 Å². The highest BCUT2D eigenvalue weighted by Crippen LogP contribution is 2.15. The number of nitrogens with zero attached hydrogens (tertiary/aromatic N) is 1. The molecule has 20 heavy (non-hydrogen) atoms. The monoisotopic (exact) mass is 342 g/mol. The Bertz CT molecular complexity index is 475. The zero-order valence-corrected chi connectivity index (χ0v) is 13.2. The summed E-state index contributed by atoms with van der Waals surface area (Å²) in [5, 5.41) is 2.82. The quantitative estimate of drug-likeness (QED) is 0.911. The van der Waals surface area contributed by atoms with E-state index >= 15 is 0 Å². The van der Waals surface area contributed by atoms with Gasteiger partial charge in [-0.2, -0.15) is 0 Å². The summed E-state index contributed by atoms with van der Waals surface area (Å²) in [7, 11) is 0. The minimum absolute atomic E-state index is 0.0963.